The molecule has 0 amide bonds. The summed E-state index contributed by atoms with van der Waals surface area (Å²) in [5.74, 6) is 2.48. The first-order chi connectivity index (χ1) is 11.4. The highest BCUT2D eigenvalue weighted by Crippen LogP contribution is 2.24. The summed E-state index contributed by atoms with van der Waals surface area (Å²) < 4.78 is 11.4. The number of aryl methyl sites for hydroxylation is 1. The van der Waals surface area contributed by atoms with Gasteiger partial charge in [0.25, 0.3) is 0 Å². The molecule has 0 saturated carbocycles. The van der Waals surface area contributed by atoms with Crippen LogP contribution in [0.25, 0.3) is 0 Å². The number of rotatable bonds is 5. The lowest BCUT2D eigenvalue weighted by molar-refractivity contribution is 0.129. The van der Waals surface area contributed by atoms with Crippen LogP contribution >= 0.6 is 0 Å². The molecule has 1 aromatic heterocycles. The van der Waals surface area contributed by atoms with Crippen LogP contribution < -0.4 is 15.4 Å². The van der Waals surface area contributed by atoms with E-state index in [2.05, 4.69) is 61.5 Å². The lowest BCUT2D eigenvalue weighted by Crippen LogP contribution is -2.36. The SMILES string of the molecule is CN=C(NCc1ccco1)NCc1ccc(C)cc1OC(C)(C)C. The van der Waals surface area contributed by atoms with Gasteiger partial charge in [0.05, 0.1) is 12.8 Å². The number of ether oxygens (including phenoxy) is 1. The number of nitrogens with one attached hydrogen (secondary N) is 2. The molecular formula is C19H27N3O2. The Hall–Kier alpha value is -2.43. The third kappa shape index (κ3) is 5.65. The second kappa shape index (κ2) is 7.90. The molecule has 0 radical (unpaired) electrons. The molecule has 24 heavy (non-hydrogen) atoms. The van der Waals surface area contributed by atoms with Crippen LogP contribution in [0.5, 0.6) is 5.75 Å². The topological polar surface area (TPSA) is 58.8 Å². The van der Waals surface area contributed by atoms with Crippen LogP contribution in [-0.2, 0) is 13.1 Å². The maximum atomic E-state index is 6.08. The van der Waals surface area contributed by atoms with Crippen LogP contribution in [-0.4, -0.2) is 18.6 Å². The van der Waals surface area contributed by atoms with Gasteiger partial charge in [-0.2, -0.15) is 0 Å². The van der Waals surface area contributed by atoms with Crippen LogP contribution in [0.3, 0.4) is 0 Å². The van der Waals surface area contributed by atoms with E-state index >= 15 is 0 Å². The molecule has 0 aliphatic heterocycles. The summed E-state index contributed by atoms with van der Waals surface area (Å²) in [6.07, 6.45) is 1.66. The first-order valence-electron chi connectivity index (χ1n) is 8.13. The van der Waals surface area contributed by atoms with Crippen LogP contribution in [0.15, 0.2) is 46.0 Å². The molecule has 5 nitrogen and oxygen atoms in total. The second-order valence-electron chi connectivity index (χ2n) is 6.68. The first kappa shape index (κ1) is 17.9. The molecule has 0 bridgehead atoms. The van der Waals surface area contributed by atoms with Gasteiger partial charge in [-0.1, -0.05) is 12.1 Å². The molecule has 5 heteroatoms. The maximum Gasteiger partial charge on any atom is 0.191 e. The van der Waals surface area contributed by atoms with E-state index < -0.39 is 0 Å². The summed E-state index contributed by atoms with van der Waals surface area (Å²) in [7, 11) is 1.75. The fourth-order valence-corrected chi connectivity index (χ4v) is 2.22. The number of nitrogens with zero attached hydrogens (tertiary/aromatic N) is 1. The molecule has 0 atom stereocenters. The van der Waals surface area contributed by atoms with Crippen molar-refractivity contribution in [3.63, 3.8) is 0 Å². The van der Waals surface area contributed by atoms with Gasteiger partial charge in [0.15, 0.2) is 5.96 Å². The summed E-state index contributed by atoms with van der Waals surface area (Å²) in [5, 5.41) is 6.54. The quantitative estimate of drug-likeness (QED) is 0.649. The highest BCUT2D eigenvalue weighted by atomic mass is 16.5. The third-order valence-corrected chi connectivity index (χ3v) is 3.32. The Morgan fingerprint density at radius 1 is 1.17 bits per heavy atom. The number of benzene rings is 1. The largest absolute Gasteiger partial charge is 0.488 e. The fraction of sp³-hybridized carbons (Fsp3) is 0.421. The molecule has 0 fully saturated rings. The predicted molar refractivity (Wildman–Crippen MR) is 97.3 cm³/mol. The minimum atomic E-state index is -0.234. The Labute approximate surface area is 144 Å². The summed E-state index contributed by atoms with van der Waals surface area (Å²) in [6, 6.07) is 10.0. The van der Waals surface area contributed by atoms with Crippen molar-refractivity contribution in [3.05, 3.63) is 53.5 Å². The van der Waals surface area contributed by atoms with E-state index in [1.54, 1.807) is 13.3 Å². The van der Waals surface area contributed by atoms with Crippen molar-refractivity contribution in [2.24, 2.45) is 4.99 Å². The van der Waals surface area contributed by atoms with E-state index in [1.807, 2.05) is 12.1 Å². The number of hydrogen-bond acceptors (Lipinski definition) is 3. The average Bonchev–Trinajstić information content (AvgIpc) is 3.01. The van der Waals surface area contributed by atoms with Crippen LogP contribution in [0, 0.1) is 6.92 Å². The molecule has 2 aromatic rings. The van der Waals surface area contributed by atoms with Crippen molar-refractivity contribution >= 4 is 5.96 Å². The number of guanidine groups is 1. The third-order valence-electron chi connectivity index (χ3n) is 3.32. The van der Waals surface area contributed by atoms with Gasteiger partial charge in [0.2, 0.25) is 0 Å². The van der Waals surface area contributed by atoms with Gasteiger partial charge in [0, 0.05) is 19.2 Å². The molecular weight excluding hydrogens is 302 g/mol. The number of hydrogen-bond donors (Lipinski definition) is 2. The van der Waals surface area contributed by atoms with E-state index in [9.17, 15) is 0 Å². The smallest absolute Gasteiger partial charge is 0.191 e. The standard InChI is InChI=1S/C19H27N3O2/c1-14-8-9-15(17(11-14)24-19(2,3)4)12-21-18(20-5)22-13-16-7-6-10-23-16/h6-11H,12-13H2,1-5H3,(H2,20,21,22). The van der Waals surface area contributed by atoms with Crippen molar-refractivity contribution in [2.75, 3.05) is 7.05 Å². The highest BCUT2D eigenvalue weighted by Gasteiger charge is 2.15. The summed E-state index contributed by atoms with van der Waals surface area (Å²) in [4.78, 5) is 4.24. The molecule has 0 unspecified atom stereocenters. The molecule has 2 rings (SSSR count). The minimum Gasteiger partial charge on any atom is -0.488 e. The van der Waals surface area contributed by atoms with Gasteiger partial charge < -0.3 is 19.8 Å². The minimum absolute atomic E-state index is 0.234. The molecule has 0 saturated heterocycles. The maximum absolute atomic E-state index is 6.08. The van der Waals surface area contributed by atoms with Crippen molar-refractivity contribution in [2.45, 2.75) is 46.4 Å². The zero-order valence-corrected chi connectivity index (χ0v) is 15.1. The van der Waals surface area contributed by atoms with E-state index in [-0.39, 0.29) is 5.60 Å². The average molecular weight is 329 g/mol. The normalized spacial score (nSPS) is 12.1. The van der Waals surface area contributed by atoms with E-state index in [4.69, 9.17) is 9.15 Å². The predicted octanol–water partition coefficient (Wildman–Crippen LogP) is 3.63. The van der Waals surface area contributed by atoms with Gasteiger partial charge in [-0.15, -0.1) is 0 Å². The van der Waals surface area contributed by atoms with Crippen molar-refractivity contribution < 1.29 is 9.15 Å². The molecule has 1 aromatic carbocycles. The highest BCUT2D eigenvalue weighted by molar-refractivity contribution is 5.79. The van der Waals surface area contributed by atoms with E-state index in [1.165, 1.54) is 5.56 Å². The van der Waals surface area contributed by atoms with E-state index in [0.29, 0.717) is 19.0 Å². The molecule has 0 spiro atoms. The van der Waals surface area contributed by atoms with Crippen LogP contribution in [0.2, 0.25) is 0 Å². The Bertz CT molecular complexity index is 670. The second-order valence-corrected chi connectivity index (χ2v) is 6.68. The van der Waals surface area contributed by atoms with Gasteiger partial charge >= 0.3 is 0 Å². The summed E-state index contributed by atoms with van der Waals surface area (Å²) in [6.45, 7) is 9.44. The number of furan rings is 1. The van der Waals surface area contributed by atoms with Gasteiger partial charge in [-0.05, 0) is 51.5 Å². The summed E-state index contributed by atoms with van der Waals surface area (Å²) in [5.41, 5.74) is 2.04. The van der Waals surface area contributed by atoms with Crippen LogP contribution in [0.4, 0.5) is 0 Å². The first-order valence-corrected chi connectivity index (χ1v) is 8.13. The van der Waals surface area contributed by atoms with Gasteiger partial charge in [0.1, 0.15) is 17.1 Å². The lowest BCUT2D eigenvalue weighted by atomic mass is 10.1. The molecule has 0 aliphatic carbocycles. The zero-order valence-electron chi connectivity index (χ0n) is 15.1. The monoisotopic (exact) mass is 329 g/mol. The fourth-order valence-electron chi connectivity index (χ4n) is 2.22. The lowest BCUT2D eigenvalue weighted by Gasteiger charge is -2.24. The molecule has 130 valence electrons. The Balaban J connectivity index is 1.99. The molecule has 0 aliphatic rings. The Kier molecular flexibility index (Phi) is 5.90. The van der Waals surface area contributed by atoms with Crippen molar-refractivity contribution in [3.8, 4) is 5.75 Å². The number of aliphatic imine (C=N–C) groups is 1. The summed E-state index contributed by atoms with van der Waals surface area (Å²) >= 11 is 0. The van der Waals surface area contributed by atoms with Crippen LogP contribution in [0.1, 0.15) is 37.7 Å². The Morgan fingerprint density at radius 3 is 2.54 bits per heavy atom. The van der Waals surface area contributed by atoms with Crippen molar-refractivity contribution in [1.82, 2.24) is 10.6 Å². The Morgan fingerprint density at radius 2 is 1.92 bits per heavy atom. The van der Waals surface area contributed by atoms with Gasteiger partial charge in [-0.3, -0.25) is 4.99 Å². The van der Waals surface area contributed by atoms with E-state index in [0.717, 1.165) is 17.1 Å². The molecule has 1 heterocycles. The molecule has 2 N–H and O–H groups in total. The van der Waals surface area contributed by atoms with Gasteiger partial charge in [-0.25, -0.2) is 0 Å². The van der Waals surface area contributed by atoms with Crippen molar-refractivity contribution in [1.29, 1.82) is 0 Å². The zero-order chi connectivity index (χ0) is 17.6.